The van der Waals surface area contributed by atoms with Crippen molar-refractivity contribution in [1.29, 1.82) is 0 Å². The minimum Gasteiger partial charge on any atom is -0.465 e. The Morgan fingerprint density at radius 1 is 0.732 bits per heavy atom. The predicted molar refractivity (Wildman–Crippen MR) is 179 cm³/mol. The molecule has 0 saturated carbocycles. The molecule has 1 aliphatic rings. The number of methoxy groups -OCH3 is 1. The van der Waals surface area contributed by atoms with Crippen molar-refractivity contribution in [3.05, 3.63) is 148 Å². The minimum absolute atomic E-state index is 0.277. The van der Waals surface area contributed by atoms with Crippen LogP contribution in [-0.2, 0) is 4.74 Å². The summed E-state index contributed by atoms with van der Waals surface area (Å²) < 4.78 is 4.74. The van der Waals surface area contributed by atoms with Crippen molar-refractivity contribution < 1.29 is 9.53 Å². The highest BCUT2D eigenvalue weighted by Gasteiger charge is 2.26. The molecule has 2 rings (SSSR count). The van der Waals surface area contributed by atoms with Crippen LogP contribution in [-0.4, -0.2) is 13.1 Å². The van der Waals surface area contributed by atoms with Crippen molar-refractivity contribution in [2.45, 2.75) is 67.7 Å². The molecule has 41 heavy (non-hydrogen) atoms. The molecule has 0 bridgehead atoms. The van der Waals surface area contributed by atoms with Gasteiger partial charge in [-0.05, 0) is 82.6 Å². The Hall–Kier alpha value is -3.91. The van der Waals surface area contributed by atoms with Gasteiger partial charge in [0.25, 0.3) is 0 Å². The molecule has 2 heteroatoms. The lowest BCUT2D eigenvalue weighted by Crippen LogP contribution is -2.19. The molecule has 0 aliphatic heterocycles. The van der Waals surface area contributed by atoms with Gasteiger partial charge in [0.1, 0.15) is 0 Å². The fraction of sp³-hybridized carbons (Fsp3) is 0.308. The molecule has 0 fully saturated rings. The Morgan fingerprint density at radius 2 is 1.22 bits per heavy atom. The number of ether oxygens (including phenoxy) is 1. The molecular formula is C39H48O2. The summed E-state index contributed by atoms with van der Waals surface area (Å²) in [4.78, 5) is 11.5. The van der Waals surface area contributed by atoms with Gasteiger partial charge in [0, 0.05) is 0 Å². The largest absolute Gasteiger partial charge is 0.465 e. The number of rotatable bonds is 11. The molecule has 0 spiro atoms. The summed E-state index contributed by atoms with van der Waals surface area (Å²) in [6, 6.07) is 7.36. The highest BCUT2D eigenvalue weighted by atomic mass is 16.5. The molecule has 216 valence electrons. The molecule has 1 aromatic carbocycles. The van der Waals surface area contributed by atoms with Crippen LogP contribution in [0.4, 0.5) is 0 Å². The molecule has 0 radical (unpaired) electrons. The average molecular weight is 549 g/mol. The quantitative estimate of drug-likeness (QED) is 0.203. The minimum atomic E-state index is -0.323. The summed E-state index contributed by atoms with van der Waals surface area (Å²) in [6.07, 6.45) is 33.5. The van der Waals surface area contributed by atoms with E-state index in [4.69, 9.17) is 4.74 Å². The number of esters is 1. The summed E-state index contributed by atoms with van der Waals surface area (Å²) in [6.45, 7) is 15.4. The zero-order chi connectivity index (χ0) is 30.3. The molecule has 1 aromatic rings. The maximum absolute atomic E-state index is 11.5. The van der Waals surface area contributed by atoms with Crippen LogP contribution in [0.25, 0.3) is 6.08 Å². The Labute approximate surface area is 249 Å². The van der Waals surface area contributed by atoms with Gasteiger partial charge in [-0.15, -0.1) is 0 Å². The van der Waals surface area contributed by atoms with Crippen molar-refractivity contribution in [3.8, 4) is 0 Å². The topological polar surface area (TPSA) is 26.3 Å². The highest BCUT2D eigenvalue weighted by Crippen LogP contribution is 2.40. The number of carbonyl (C=O) groups excluding carboxylic acids is 1. The van der Waals surface area contributed by atoms with Crippen LogP contribution in [0.3, 0.4) is 0 Å². The Kier molecular flexibility index (Phi) is 13.8. The van der Waals surface area contributed by atoms with Crippen LogP contribution in [0, 0.1) is 5.41 Å². The molecule has 0 amide bonds. The highest BCUT2D eigenvalue weighted by molar-refractivity contribution is 5.89. The lowest BCUT2D eigenvalue weighted by atomic mass is 9.72. The molecule has 0 N–H and O–H groups in total. The van der Waals surface area contributed by atoms with E-state index >= 15 is 0 Å². The van der Waals surface area contributed by atoms with E-state index in [1.165, 1.54) is 54.2 Å². The first-order valence-corrected chi connectivity index (χ1v) is 14.5. The fourth-order valence-electron chi connectivity index (χ4n) is 4.64. The van der Waals surface area contributed by atoms with Gasteiger partial charge in [-0.1, -0.05) is 139 Å². The summed E-state index contributed by atoms with van der Waals surface area (Å²) in [5.74, 6) is -0.323. The van der Waals surface area contributed by atoms with E-state index in [1.807, 2.05) is 18.2 Å². The summed E-state index contributed by atoms with van der Waals surface area (Å²) in [5, 5.41) is 0. The van der Waals surface area contributed by atoms with Gasteiger partial charge in [0.05, 0.1) is 12.7 Å². The van der Waals surface area contributed by atoms with Crippen LogP contribution >= 0.6 is 0 Å². The molecule has 1 aliphatic carbocycles. The predicted octanol–water partition coefficient (Wildman–Crippen LogP) is 11.0. The number of hydrogen-bond acceptors (Lipinski definition) is 2. The van der Waals surface area contributed by atoms with Crippen molar-refractivity contribution in [2.24, 2.45) is 5.41 Å². The van der Waals surface area contributed by atoms with E-state index in [-0.39, 0.29) is 11.4 Å². The number of carbonyl (C=O) groups is 1. The molecule has 0 heterocycles. The number of hydrogen-bond donors (Lipinski definition) is 0. The van der Waals surface area contributed by atoms with Crippen LogP contribution in [0.1, 0.15) is 83.7 Å². The average Bonchev–Trinajstić information content (AvgIpc) is 2.93. The molecule has 2 nitrogen and oxygen atoms in total. The van der Waals surface area contributed by atoms with E-state index in [9.17, 15) is 4.79 Å². The SMILES string of the molecule is COC(=O)c1ccc(C=CC(C)=CC=CC(C)=CC=CC=C(C)C=CC=C(C)C=CC2=C(C)CCCC2(C)C)cc1. The summed E-state index contributed by atoms with van der Waals surface area (Å²) >= 11 is 0. The molecule has 0 aromatic heterocycles. The first kappa shape index (κ1) is 33.3. The molecule has 0 saturated heterocycles. The number of benzene rings is 1. The third kappa shape index (κ3) is 12.4. The van der Waals surface area contributed by atoms with Crippen molar-refractivity contribution in [2.75, 3.05) is 7.11 Å². The van der Waals surface area contributed by atoms with Crippen molar-refractivity contribution in [3.63, 3.8) is 0 Å². The molecule has 0 atom stereocenters. The zero-order valence-electron chi connectivity index (χ0n) is 26.3. The van der Waals surface area contributed by atoms with E-state index in [1.54, 1.807) is 12.1 Å². The fourth-order valence-corrected chi connectivity index (χ4v) is 4.64. The van der Waals surface area contributed by atoms with Crippen molar-refractivity contribution >= 4 is 12.0 Å². The van der Waals surface area contributed by atoms with E-state index in [0.29, 0.717) is 5.56 Å². The van der Waals surface area contributed by atoms with Crippen molar-refractivity contribution in [1.82, 2.24) is 0 Å². The third-order valence-electron chi connectivity index (χ3n) is 7.19. The van der Waals surface area contributed by atoms with Gasteiger partial charge in [-0.3, -0.25) is 0 Å². The summed E-state index contributed by atoms with van der Waals surface area (Å²) in [7, 11) is 1.39. The van der Waals surface area contributed by atoms with Gasteiger partial charge < -0.3 is 4.74 Å². The maximum Gasteiger partial charge on any atom is 0.337 e. The normalized spacial score (nSPS) is 17.8. The van der Waals surface area contributed by atoms with E-state index in [0.717, 1.165) is 11.1 Å². The second-order valence-electron chi connectivity index (χ2n) is 11.5. The second kappa shape index (κ2) is 17.0. The number of allylic oxidation sites excluding steroid dienone is 19. The molecule has 0 unspecified atom stereocenters. The smallest absolute Gasteiger partial charge is 0.337 e. The van der Waals surface area contributed by atoms with Gasteiger partial charge in [0.15, 0.2) is 0 Å². The van der Waals surface area contributed by atoms with Crippen LogP contribution in [0.15, 0.2) is 137 Å². The van der Waals surface area contributed by atoms with Crippen LogP contribution in [0.5, 0.6) is 0 Å². The summed E-state index contributed by atoms with van der Waals surface area (Å²) in [5.41, 5.74) is 9.66. The Morgan fingerprint density at radius 3 is 1.73 bits per heavy atom. The Balaban J connectivity index is 1.86. The monoisotopic (exact) mass is 548 g/mol. The van der Waals surface area contributed by atoms with Gasteiger partial charge in [-0.25, -0.2) is 4.79 Å². The second-order valence-corrected chi connectivity index (χ2v) is 11.5. The third-order valence-corrected chi connectivity index (χ3v) is 7.19. The Bertz CT molecular complexity index is 1340. The van der Waals surface area contributed by atoms with E-state index < -0.39 is 0 Å². The van der Waals surface area contributed by atoms with Crippen LogP contribution < -0.4 is 0 Å². The maximum atomic E-state index is 11.5. The van der Waals surface area contributed by atoms with Gasteiger partial charge >= 0.3 is 5.97 Å². The lowest BCUT2D eigenvalue weighted by molar-refractivity contribution is 0.0600. The first-order chi connectivity index (χ1) is 19.5. The zero-order valence-corrected chi connectivity index (χ0v) is 26.3. The standard InChI is InChI=1S/C39H48O2/c1-30(16-11-18-32(3)21-23-35-24-26-36(27-25-35)38(40)41-8)14-9-10-15-31(2)17-12-19-33(4)22-28-37-34(5)20-13-29-39(37,6)7/h9-12,14-19,21-28H,13,20,29H2,1-8H3. The van der Waals surface area contributed by atoms with Gasteiger partial charge in [0.2, 0.25) is 0 Å². The molecular weight excluding hydrogens is 500 g/mol. The van der Waals surface area contributed by atoms with Gasteiger partial charge in [-0.2, -0.15) is 0 Å². The lowest BCUT2D eigenvalue weighted by Gasteiger charge is -2.32. The van der Waals surface area contributed by atoms with Crippen LogP contribution in [0.2, 0.25) is 0 Å². The first-order valence-electron chi connectivity index (χ1n) is 14.5. The van der Waals surface area contributed by atoms with E-state index in [2.05, 4.69) is 127 Å².